The van der Waals surface area contributed by atoms with Gasteiger partial charge in [-0.1, -0.05) is 17.7 Å². The Balaban J connectivity index is 1.64. The number of carbonyl (C=O) groups excluding carboxylic acids is 1. The molecular formula is C18H17ClN4OS. The van der Waals surface area contributed by atoms with E-state index < -0.39 is 0 Å². The summed E-state index contributed by atoms with van der Waals surface area (Å²) in [4.78, 5) is 26.7. The van der Waals surface area contributed by atoms with Crippen LogP contribution in [0.25, 0.3) is 20.8 Å². The number of amides is 1. The lowest BCUT2D eigenvalue weighted by Gasteiger charge is -2.32. The summed E-state index contributed by atoms with van der Waals surface area (Å²) in [6, 6.07) is 9.33. The van der Waals surface area contributed by atoms with Crippen LogP contribution in [0.3, 0.4) is 0 Å². The summed E-state index contributed by atoms with van der Waals surface area (Å²) < 4.78 is 0.941. The van der Waals surface area contributed by atoms with Gasteiger partial charge in [-0.15, -0.1) is 11.3 Å². The molecule has 4 rings (SSSR count). The summed E-state index contributed by atoms with van der Waals surface area (Å²) in [5.41, 5.74) is 2.11. The SMILES string of the molecule is CN1CCN(C(=O)c2cccc(-c3cc4nccc(Cl)c4s3)n2)CC1. The van der Waals surface area contributed by atoms with E-state index in [4.69, 9.17) is 11.6 Å². The standard InChI is InChI=1S/C18H17ClN4OS/c1-22-7-9-23(10-8-22)18(24)14-4-2-3-13(21-14)16-11-15-17(25-16)12(19)5-6-20-15/h2-6,11H,7-10H2,1H3. The predicted octanol–water partition coefficient (Wildman–Crippen LogP) is 3.40. The molecule has 1 fully saturated rings. The normalized spacial score (nSPS) is 15.7. The van der Waals surface area contributed by atoms with Gasteiger partial charge in [0.25, 0.3) is 5.91 Å². The van der Waals surface area contributed by atoms with Crippen LogP contribution in [-0.4, -0.2) is 58.9 Å². The molecule has 5 nitrogen and oxygen atoms in total. The molecule has 0 N–H and O–H groups in total. The Morgan fingerprint density at radius 1 is 1.20 bits per heavy atom. The highest BCUT2D eigenvalue weighted by Crippen LogP contribution is 2.35. The smallest absolute Gasteiger partial charge is 0.272 e. The number of rotatable bonds is 2. The fourth-order valence-electron chi connectivity index (χ4n) is 2.90. The number of likely N-dealkylation sites (N-methyl/N-ethyl adjacent to an activating group) is 1. The first kappa shape index (κ1) is 16.4. The molecule has 0 unspecified atom stereocenters. The van der Waals surface area contributed by atoms with Gasteiger partial charge in [0.15, 0.2) is 0 Å². The summed E-state index contributed by atoms with van der Waals surface area (Å²) >= 11 is 7.78. The number of carbonyl (C=O) groups is 1. The van der Waals surface area contributed by atoms with Crippen molar-refractivity contribution in [3.8, 4) is 10.6 Å². The first-order valence-corrected chi connectivity index (χ1v) is 9.30. The van der Waals surface area contributed by atoms with Crippen LogP contribution in [0.2, 0.25) is 5.02 Å². The quantitative estimate of drug-likeness (QED) is 0.691. The van der Waals surface area contributed by atoms with Crippen molar-refractivity contribution in [2.24, 2.45) is 0 Å². The number of nitrogens with zero attached hydrogens (tertiary/aromatic N) is 4. The Kier molecular flexibility index (Phi) is 4.41. The molecule has 1 saturated heterocycles. The Hall–Kier alpha value is -2.02. The van der Waals surface area contributed by atoms with Crippen LogP contribution in [0.1, 0.15) is 10.5 Å². The van der Waals surface area contributed by atoms with Gasteiger partial charge in [0.2, 0.25) is 0 Å². The summed E-state index contributed by atoms with van der Waals surface area (Å²) in [5.74, 6) is -0.00721. The highest BCUT2D eigenvalue weighted by atomic mass is 35.5. The third kappa shape index (κ3) is 3.25. The number of pyridine rings is 2. The molecule has 1 aliphatic rings. The van der Waals surface area contributed by atoms with Crippen molar-refractivity contribution in [3.63, 3.8) is 0 Å². The minimum absolute atomic E-state index is 0.00721. The van der Waals surface area contributed by atoms with E-state index in [1.54, 1.807) is 29.7 Å². The molecule has 4 heterocycles. The van der Waals surface area contributed by atoms with Gasteiger partial charge >= 0.3 is 0 Å². The second kappa shape index (κ2) is 6.71. The van der Waals surface area contributed by atoms with E-state index in [-0.39, 0.29) is 5.91 Å². The highest BCUT2D eigenvalue weighted by molar-refractivity contribution is 7.22. The Bertz CT molecular complexity index is 934. The predicted molar refractivity (Wildman–Crippen MR) is 101 cm³/mol. The molecule has 7 heteroatoms. The van der Waals surface area contributed by atoms with Crippen molar-refractivity contribution < 1.29 is 4.79 Å². The molecule has 0 aromatic carbocycles. The molecule has 0 atom stereocenters. The van der Waals surface area contributed by atoms with Crippen molar-refractivity contribution in [2.75, 3.05) is 33.2 Å². The number of fused-ring (bicyclic) bond motifs is 1. The zero-order chi connectivity index (χ0) is 17.4. The summed E-state index contributed by atoms with van der Waals surface area (Å²) in [6.07, 6.45) is 1.70. The molecule has 128 valence electrons. The van der Waals surface area contributed by atoms with E-state index in [1.807, 2.05) is 23.1 Å². The van der Waals surface area contributed by atoms with Crippen LogP contribution >= 0.6 is 22.9 Å². The van der Waals surface area contributed by atoms with Crippen LogP contribution < -0.4 is 0 Å². The number of hydrogen-bond donors (Lipinski definition) is 0. The van der Waals surface area contributed by atoms with Gasteiger partial charge in [-0.2, -0.15) is 0 Å². The van der Waals surface area contributed by atoms with Crippen molar-refractivity contribution in [3.05, 3.63) is 47.2 Å². The zero-order valence-corrected chi connectivity index (χ0v) is 15.3. The molecule has 1 amide bonds. The monoisotopic (exact) mass is 372 g/mol. The maximum Gasteiger partial charge on any atom is 0.272 e. The maximum atomic E-state index is 12.7. The fourth-order valence-corrected chi connectivity index (χ4v) is 4.16. The molecule has 25 heavy (non-hydrogen) atoms. The summed E-state index contributed by atoms with van der Waals surface area (Å²) in [5, 5.41) is 0.686. The highest BCUT2D eigenvalue weighted by Gasteiger charge is 2.21. The van der Waals surface area contributed by atoms with Crippen LogP contribution in [0.15, 0.2) is 36.5 Å². The van der Waals surface area contributed by atoms with Crippen molar-refractivity contribution in [1.82, 2.24) is 19.8 Å². The van der Waals surface area contributed by atoms with E-state index in [9.17, 15) is 4.79 Å². The van der Waals surface area contributed by atoms with Gasteiger partial charge in [0.1, 0.15) is 5.69 Å². The first-order chi connectivity index (χ1) is 12.1. The molecule has 3 aromatic rings. The Labute approximate surface area is 154 Å². The van der Waals surface area contributed by atoms with E-state index in [0.29, 0.717) is 10.7 Å². The third-order valence-electron chi connectivity index (χ3n) is 4.38. The molecule has 3 aromatic heterocycles. The number of aromatic nitrogens is 2. The Morgan fingerprint density at radius 3 is 2.76 bits per heavy atom. The molecule has 1 aliphatic heterocycles. The lowest BCUT2D eigenvalue weighted by atomic mass is 10.2. The topological polar surface area (TPSA) is 49.3 Å². The van der Waals surface area contributed by atoms with E-state index in [0.717, 1.165) is 47.0 Å². The van der Waals surface area contributed by atoms with Crippen molar-refractivity contribution in [1.29, 1.82) is 0 Å². The number of thiophene rings is 1. The van der Waals surface area contributed by atoms with E-state index in [2.05, 4.69) is 21.9 Å². The number of piperazine rings is 1. The number of hydrogen-bond acceptors (Lipinski definition) is 5. The largest absolute Gasteiger partial charge is 0.335 e. The first-order valence-electron chi connectivity index (χ1n) is 8.11. The summed E-state index contributed by atoms with van der Waals surface area (Å²) in [7, 11) is 2.07. The second-order valence-electron chi connectivity index (χ2n) is 6.12. The van der Waals surface area contributed by atoms with Crippen LogP contribution in [0, 0.1) is 0 Å². The molecule has 0 radical (unpaired) electrons. The van der Waals surface area contributed by atoms with Gasteiger partial charge in [-0.25, -0.2) is 4.98 Å². The van der Waals surface area contributed by atoms with Crippen LogP contribution in [0.4, 0.5) is 0 Å². The Morgan fingerprint density at radius 2 is 2.00 bits per heavy atom. The zero-order valence-electron chi connectivity index (χ0n) is 13.8. The number of halogens is 1. The molecule has 0 aliphatic carbocycles. The maximum absolute atomic E-state index is 12.7. The van der Waals surface area contributed by atoms with Gasteiger partial charge in [-0.05, 0) is 31.3 Å². The third-order valence-corrected chi connectivity index (χ3v) is 5.98. The molecule has 0 saturated carbocycles. The minimum Gasteiger partial charge on any atom is -0.335 e. The van der Waals surface area contributed by atoms with Gasteiger partial charge in [0.05, 0.1) is 25.8 Å². The van der Waals surface area contributed by atoms with Crippen molar-refractivity contribution >= 4 is 39.1 Å². The van der Waals surface area contributed by atoms with E-state index >= 15 is 0 Å². The lowest BCUT2D eigenvalue weighted by Crippen LogP contribution is -2.47. The molecular weight excluding hydrogens is 356 g/mol. The van der Waals surface area contributed by atoms with E-state index in [1.165, 1.54) is 0 Å². The van der Waals surface area contributed by atoms with Gasteiger partial charge < -0.3 is 9.80 Å². The average molecular weight is 373 g/mol. The summed E-state index contributed by atoms with van der Waals surface area (Å²) in [6.45, 7) is 3.27. The van der Waals surface area contributed by atoms with Crippen molar-refractivity contribution in [2.45, 2.75) is 0 Å². The van der Waals surface area contributed by atoms with Gasteiger partial charge in [-0.3, -0.25) is 9.78 Å². The second-order valence-corrected chi connectivity index (χ2v) is 7.58. The van der Waals surface area contributed by atoms with Gasteiger partial charge in [0, 0.05) is 32.4 Å². The lowest BCUT2D eigenvalue weighted by molar-refractivity contribution is 0.0658. The van der Waals surface area contributed by atoms with Crippen LogP contribution in [-0.2, 0) is 0 Å². The fraction of sp³-hybridized carbons (Fsp3) is 0.278. The average Bonchev–Trinajstić information content (AvgIpc) is 3.08. The minimum atomic E-state index is -0.00721. The van der Waals surface area contributed by atoms with Crippen LogP contribution in [0.5, 0.6) is 0 Å². The molecule has 0 bridgehead atoms. The molecule has 0 spiro atoms.